The Morgan fingerprint density at radius 1 is 1.00 bits per heavy atom. The van der Waals surface area contributed by atoms with Gasteiger partial charge in [0.25, 0.3) is 0 Å². The number of hydrogen-bond donors (Lipinski definition) is 3. The first-order chi connectivity index (χ1) is 9.31. The second-order valence-electron chi connectivity index (χ2n) is 4.19. The normalized spacial score (nSPS) is 10.5. The van der Waals surface area contributed by atoms with Crippen LogP contribution in [0.2, 0.25) is 0 Å². The van der Waals surface area contributed by atoms with Crippen molar-refractivity contribution in [3.05, 3.63) is 23.8 Å². The minimum atomic E-state index is 0.194. The minimum Gasteiger partial charge on any atom is -0.493 e. The summed E-state index contributed by atoms with van der Waals surface area (Å²) in [5.41, 5.74) is 1.17. The van der Waals surface area contributed by atoms with Crippen LogP contribution >= 0.6 is 0 Å². The highest BCUT2D eigenvalue weighted by Crippen LogP contribution is 2.27. The first kappa shape index (κ1) is 15.8. The van der Waals surface area contributed by atoms with Crippen molar-refractivity contribution in [3.8, 4) is 11.5 Å². The summed E-state index contributed by atoms with van der Waals surface area (Å²) >= 11 is 0. The molecule has 0 amide bonds. The Morgan fingerprint density at radius 2 is 1.74 bits per heavy atom. The van der Waals surface area contributed by atoms with Gasteiger partial charge in [0.2, 0.25) is 0 Å². The third kappa shape index (κ3) is 5.92. The fraction of sp³-hybridized carbons (Fsp3) is 0.571. The molecule has 0 aliphatic heterocycles. The lowest BCUT2D eigenvalue weighted by Crippen LogP contribution is -2.23. The summed E-state index contributed by atoms with van der Waals surface area (Å²) in [4.78, 5) is 0. The van der Waals surface area contributed by atoms with Gasteiger partial charge < -0.3 is 25.2 Å². The van der Waals surface area contributed by atoms with Crippen LogP contribution in [0.5, 0.6) is 11.5 Å². The van der Waals surface area contributed by atoms with Crippen LogP contribution in [0.3, 0.4) is 0 Å². The lowest BCUT2D eigenvalue weighted by Gasteiger charge is -2.10. The van der Waals surface area contributed by atoms with E-state index in [1.807, 2.05) is 18.2 Å². The molecule has 108 valence electrons. The van der Waals surface area contributed by atoms with Crippen molar-refractivity contribution in [3.63, 3.8) is 0 Å². The molecule has 19 heavy (non-hydrogen) atoms. The predicted octanol–water partition coefficient (Wildman–Crippen LogP) is 0.765. The zero-order valence-electron chi connectivity index (χ0n) is 11.7. The predicted molar refractivity (Wildman–Crippen MR) is 75.8 cm³/mol. The van der Waals surface area contributed by atoms with Gasteiger partial charge in [0.05, 0.1) is 20.8 Å². The van der Waals surface area contributed by atoms with Crippen molar-refractivity contribution in [2.45, 2.75) is 13.0 Å². The van der Waals surface area contributed by atoms with E-state index in [1.54, 1.807) is 14.2 Å². The number of aliphatic hydroxyl groups is 1. The second kappa shape index (κ2) is 9.61. The highest BCUT2D eigenvalue weighted by molar-refractivity contribution is 5.42. The Balaban J connectivity index is 2.26. The molecule has 0 atom stereocenters. The fourth-order valence-electron chi connectivity index (χ4n) is 1.77. The molecule has 0 radical (unpaired) electrons. The number of hydrogen-bond acceptors (Lipinski definition) is 5. The van der Waals surface area contributed by atoms with Crippen LogP contribution in [-0.4, -0.2) is 45.6 Å². The summed E-state index contributed by atoms with van der Waals surface area (Å²) < 4.78 is 10.5. The highest BCUT2D eigenvalue weighted by Gasteiger charge is 2.03. The van der Waals surface area contributed by atoms with Gasteiger partial charge in [-0.3, -0.25) is 0 Å². The minimum absolute atomic E-state index is 0.194. The molecule has 0 aliphatic carbocycles. The Hall–Kier alpha value is -1.30. The lowest BCUT2D eigenvalue weighted by atomic mass is 10.2. The Labute approximate surface area is 114 Å². The van der Waals surface area contributed by atoms with Crippen molar-refractivity contribution >= 4 is 0 Å². The molecule has 0 heterocycles. The summed E-state index contributed by atoms with van der Waals surface area (Å²) in [5.74, 6) is 1.51. The van der Waals surface area contributed by atoms with Crippen LogP contribution in [0.4, 0.5) is 0 Å². The first-order valence-corrected chi connectivity index (χ1v) is 6.55. The van der Waals surface area contributed by atoms with Gasteiger partial charge in [-0.25, -0.2) is 0 Å². The average molecular weight is 268 g/mol. The summed E-state index contributed by atoms with van der Waals surface area (Å²) in [7, 11) is 3.27. The molecule has 3 N–H and O–H groups in total. The molecule has 0 saturated heterocycles. The van der Waals surface area contributed by atoms with E-state index >= 15 is 0 Å². The average Bonchev–Trinajstić information content (AvgIpc) is 2.46. The molecule has 5 heteroatoms. The van der Waals surface area contributed by atoms with Crippen LogP contribution in [-0.2, 0) is 6.54 Å². The maximum atomic E-state index is 8.61. The smallest absolute Gasteiger partial charge is 0.161 e. The van der Waals surface area contributed by atoms with Crippen molar-refractivity contribution in [2.75, 3.05) is 40.5 Å². The molecule has 1 rings (SSSR count). The molecule has 0 unspecified atom stereocenters. The van der Waals surface area contributed by atoms with Gasteiger partial charge in [-0.05, 0) is 37.2 Å². The van der Waals surface area contributed by atoms with Gasteiger partial charge in [-0.2, -0.15) is 0 Å². The zero-order chi connectivity index (χ0) is 13.9. The van der Waals surface area contributed by atoms with E-state index < -0.39 is 0 Å². The maximum Gasteiger partial charge on any atom is 0.161 e. The van der Waals surface area contributed by atoms with Gasteiger partial charge in [0.15, 0.2) is 11.5 Å². The number of rotatable bonds is 10. The summed E-state index contributed by atoms with van der Waals surface area (Å²) in [5, 5.41) is 15.1. The molecule has 1 aromatic rings. The molecule has 0 fully saturated rings. The third-order valence-corrected chi connectivity index (χ3v) is 2.77. The van der Waals surface area contributed by atoms with E-state index in [9.17, 15) is 0 Å². The van der Waals surface area contributed by atoms with Crippen LogP contribution in [0.25, 0.3) is 0 Å². The first-order valence-electron chi connectivity index (χ1n) is 6.55. The zero-order valence-corrected chi connectivity index (χ0v) is 11.7. The standard InChI is InChI=1S/C14H24N2O3/c1-18-13-5-4-12(10-14(13)19-2)11-16-7-3-6-15-8-9-17/h4-5,10,15-17H,3,6-9,11H2,1-2H3. The van der Waals surface area contributed by atoms with E-state index in [2.05, 4.69) is 10.6 Å². The number of aliphatic hydroxyl groups excluding tert-OH is 1. The lowest BCUT2D eigenvalue weighted by molar-refractivity contribution is 0.292. The second-order valence-corrected chi connectivity index (χ2v) is 4.19. The largest absolute Gasteiger partial charge is 0.493 e. The molecule has 0 aromatic heterocycles. The number of ether oxygens (including phenoxy) is 2. The molecule has 5 nitrogen and oxygen atoms in total. The SMILES string of the molecule is COc1ccc(CNCCCNCCO)cc1OC. The Kier molecular flexibility index (Phi) is 7.97. The van der Waals surface area contributed by atoms with Crippen LogP contribution in [0.15, 0.2) is 18.2 Å². The topological polar surface area (TPSA) is 62.8 Å². The van der Waals surface area contributed by atoms with E-state index in [4.69, 9.17) is 14.6 Å². The Bertz CT molecular complexity index is 359. The maximum absolute atomic E-state index is 8.61. The highest BCUT2D eigenvalue weighted by atomic mass is 16.5. The van der Waals surface area contributed by atoms with Crippen molar-refractivity contribution < 1.29 is 14.6 Å². The van der Waals surface area contributed by atoms with Gasteiger partial charge >= 0.3 is 0 Å². The number of methoxy groups -OCH3 is 2. The van der Waals surface area contributed by atoms with Gasteiger partial charge in [-0.15, -0.1) is 0 Å². The Morgan fingerprint density at radius 3 is 2.42 bits per heavy atom. The summed E-state index contributed by atoms with van der Waals surface area (Å²) in [6.07, 6.45) is 1.04. The summed E-state index contributed by atoms with van der Waals surface area (Å²) in [6.45, 7) is 3.52. The van der Waals surface area contributed by atoms with Crippen molar-refractivity contribution in [2.24, 2.45) is 0 Å². The molecule has 0 spiro atoms. The van der Waals surface area contributed by atoms with E-state index in [0.717, 1.165) is 37.6 Å². The molecule has 0 bridgehead atoms. The molecular weight excluding hydrogens is 244 g/mol. The van der Waals surface area contributed by atoms with Crippen LogP contribution < -0.4 is 20.1 Å². The fourth-order valence-corrected chi connectivity index (χ4v) is 1.77. The van der Waals surface area contributed by atoms with E-state index in [1.165, 1.54) is 5.56 Å². The molecular formula is C14H24N2O3. The molecule has 0 saturated carbocycles. The van der Waals surface area contributed by atoms with E-state index in [-0.39, 0.29) is 6.61 Å². The molecule has 1 aromatic carbocycles. The van der Waals surface area contributed by atoms with Crippen molar-refractivity contribution in [1.29, 1.82) is 0 Å². The van der Waals surface area contributed by atoms with Gasteiger partial charge in [0, 0.05) is 13.1 Å². The number of nitrogens with one attached hydrogen (secondary N) is 2. The summed E-state index contributed by atoms with van der Waals surface area (Å²) in [6, 6.07) is 5.92. The number of benzene rings is 1. The van der Waals surface area contributed by atoms with E-state index in [0.29, 0.717) is 6.54 Å². The quantitative estimate of drug-likeness (QED) is 0.547. The van der Waals surface area contributed by atoms with Gasteiger partial charge in [-0.1, -0.05) is 6.07 Å². The van der Waals surface area contributed by atoms with Crippen LogP contribution in [0, 0.1) is 0 Å². The monoisotopic (exact) mass is 268 g/mol. The van der Waals surface area contributed by atoms with Crippen molar-refractivity contribution in [1.82, 2.24) is 10.6 Å². The van der Waals surface area contributed by atoms with Gasteiger partial charge in [0.1, 0.15) is 0 Å². The third-order valence-electron chi connectivity index (χ3n) is 2.77. The molecule has 0 aliphatic rings. The van der Waals surface area contributed by atoms with Crippen LogP contribution in [0.1, 0.15) is 12.0 Å².